The average Bonchev–Trinajstić information content (AvgIpc) is 2.69. The highest BCUT2D eigenvalue weighted by Crippen LogP contribution is 2.23. The molecule has 2 fully saturated rings. The third kappa shape index (κ3) is 4.67. The van der Waals surface area contributed by atoms with Crippen molar-refractivity contribution in [3.63, 3.8) is 0 Å². The summed E-state index contributed by atoms with van der Waals surface area (Å²) in [7, 11) is 0. The molecule has 2 saturated heterocycles. The number of aliphatic hydroxyl groups is 1. The maximum Gasteiger partial charge on any atom is 0.225 e. The van der Waals surface area contributed by atoms with Crippen LogP contribution in [0.4, 0.5) is 5.82 Å². The van der Waals surface area contributed by atoms with Crippen LogP contribution in [0.25, 0.3) is 0 Å². The maximum atomic E-state index is 12.8. The van der Waals surface area contributed by atoms with Crippen LogP contribution in [0.15, 0.2) is 18.6 Å². The Kier molecular flexibility index (Phi) is 6.20. The lowest BCUT2D eigenvalue weighted by Crippen LogP contribution is -2.52. The second kappa shape index (κ2) is 8.58. The van der Waals surface area contributed by atoms with Gasteiger partial charge in [-0.3, -0.25) is 14.7 Å². The molecule has 0 radical (unpaired) electrons. The summed E-state index contributed by atoms with van der Waals surface area (Å²) in [5, 5.41) is 9.77. The molecule has 7 nitrogen and oxygen atoms in total. The van der Waals surface area contributed by atoms with Crippen LogP contribution in [0.1, 0.15) is 26.2 Å². The Labute approximate surface area is 149 Å². The molecular formula is C18H29N5O2. The summed E-state index contributed by atoms with van der Waals surface area (Å²) in [6.07, 6.45) is 7.46. The van der Waals surface area contributed by atoms with Crippen molar-refractivity contribution < 1.29 is 9.90 Å². The summed E-state index contributed by atoms with van der Waals surface area (Å²) in [5.74, 6) is 1.33. The van der Waals surface area contributed by atoms with Gasteiger partial charge in [-0.15, -0.1) is 0 Å². The lowest BCUT2D eigenvalue weighted by atomic mass is 9.95. The van der Waals surface area contributed by atoms with E-state index in [0.717, 1.165) is 70.9 Å². The van der Waals surface area contributed by atoms with Crippen LogP contribution < -0.4 is 4.90 Å². The van der Waals surface area contributed by atoms with E-state index in [0.29, 0.717) is 5.91 Å². The molecule has 1 aromatic heterocycles. The molecule has 1 atom stereocenters. The number of piperidine rings is 1. The summed E-state index contributed by atoms with van der Waals surface area (Å²) < 4.78 is 0. The largest absolute Gasteiger partial charge is 0.392 e. The summed E-state index contributed by atoms with van der Waals surface area (Å²) >= 11 is 0. The van der Waals surface area contributed by atoms with Crippen molar-refractivity contribution in [3.05, 3.63) is 18.6 Å². The lowest BCUT2D eigenvalue weighted by molar-refractivity contribution is -0.138. The third-order valence-corrected chi connectivity index (χ3v) is 5.34. The molecule has 25 heavy (non-hydrogen) atoms. The van der Waals surface area contributed by atoms with E-state index in [2.05, 4.69) is 19.8 Å². The quantitative estimate of drug-likeness (QED) is 0.841. The minimum atomic E-state index is -0.257. The van der Waals surface area contributed by atoms with E-state index in [9.17, 15) is 9.90 Å². The maximum absolute atomic E-state index is 12.8. The third-order valence-electron chi connectivity index (χ3n) is 5.34. The number of β-amino-alcohol motifs (C(OH)–C–C–N with tert-alkyl or cyclic N) is 1. The minimum absolute atomic E-state index is 0.126. The summed E-state index contributed by atoms with van der Waals surface area (Å²) in [6, 6.07) is 0. The molecule has 1 unspecified atom stereocenters. The molecule has 0 saturated carbocycles. The number of amides is 1. The van der Waals surface area contributed by atoms with Gasteiger partial charge < -0.3 is 14.9 Å². The van der Waals surface area contributed by atoms with Gasteiger partial charge in [0.1, 0.15) is 5.82 Å². The first kappa shape index (κ1) is 18.1. The molecule has 2 aliphatic rings. The van der Waals surface area contributed by atoms with Crippen LogP contribution in [-0.2, 0) is 4.79 Å². The predicted molar refractivity (Wildman–Crippen MR) is 96.3 cm³/mol. The molecule has 0 spiro atoms. The molecule has 1 amide bonds. The van der Waals surface area contributed by atoms with Crippen molar-refractivity contribution >= 4 is 11.7 Å². The van der Waals surface area contributed by atoms with Gasteiger partial charge in [0, 0.05) is 64.1 Å². The number of carbonyl (C=O) groups is 1. The molecule has 2 aliphatic heterocycles. The fourth-order valence-corrected chi connectivity index (χ4v) is 3.65. The summed E-state index contributed by atoms with van der Waals surface area (Å²) in [6.45, 7) is 7.71. The zero-order valence-corrected chi connectivity index (χ0v) is 15.0. The van der Waals surface area contributed by atoms with Gasteiger partial charge in [0.25, 0.3) is 0 Å². The smallest absolute Gasteiger partial charge is 0.225 e. The first-order chi connectivity index (χ1) is 12.2. The number of carbonyl (C=O) groups excluding carboxylic acids is 1. The standard InChI is InChI=1S/C18H29N5O2/c1-2-16(24)14-21-9-11-23(12-10-21)18(25)15-3-7-22(8-4-15)17-13-19-5-6-20-17/h5-6,13,15-16,24H,2-4,7-12,14H2,1H3. The van der Waals surface area contributed by atoms with Crippen LogP contribution in [0.3, 0.4) is 0 Å². The second-order valence-corrected chi connectivity index (χ2v) is 7.01. The molecule has 0 aromatic carbocycles. The molecule has 1 aromatic rings. The van der Waals surface area contributed by atoms with E-state index < -0.39 is 0 Å². The molecular weight excluding hydrogens is 318 g/mol. The molecule has 0 aliphatic carbocycles. The first-order valence-corrected chi connectivity index (χ1v) is 9.37. The van der Waals surface area contributed by atoms with Gasteiger partial charge in [-0.25, -0.2) is 4.98 Å². The Balaban J connectivity index is 1.44. The zero-order chi connectivity index (χ0) is 17.6. The van der Waals surface area contributed by atoms with Crippen molar-refractivity contribution in [2.75, 3.05) is 50.7 Å². The van der Waals surface area contributed by atoms with E-state index in [1.165, 1.54) is 0 Å². The second-order valence-electron chi connectivity index (χ2n) is 7.01. The number of hydrogen-bond acceptors (Lipinski definition) is 6. The number of aliphatic hydroxyl groups excluding tert-OH is 1. The van der Waals surface area contributed by atoms with E-state index in [1.54, 1.807) is 18.6 Å². The molecule has 138 valence electrons. The SMILES string of the molecule is CCC(O)CN1CCN(C(=O)C2CCN(c3cnccn3)CC2)CC1. The van der Waals surface area contributed by atoms with Crippen molar-refractivity contribution in [1.82, 2.24) is 19.8 Å². The van der Waals surface area contributed by atoms with Gasteiger partial charge >= 0.3 is 0 Å². The highest BCUT2D eigenvalue weighted by Gasteiger charge is 2.31. The van der Waals surface area contributed by atoms with E-state index in [-0.39, 0.29) is 12.0 Å². The van der Waals surface area contributed by atoms with Crippen molar-refractivity contribution in [3.8, 4) is 0 Å². The van der Waals surface area contributed by atoms with Crippen LogP contribution in [-0.4, -0.2) is 82.7 Å². The lowest BCUT2D eigenvalue weighted by Gasteiger charge is -2.39. The van der Waals surface area contributed by atoms with Gasteiger partial charge in [0.15, 0.2) is 0 Å². The summed E-state index contributed by atoms with van der Waals surface area (Å²) in [4.78, 5) is 27.7. The monoisotopic (exact) mass is 347 g/mol. The fourth-order valence-electron chi connectivity index (χ4n) is 3.65. The highest BCUT2D eigenvalue weighted by atomic mass is 16.3. The number of hydrogen-bond donors (Lipinski definition) is 1. The number of anilines is 1. The van der Waals surface area contributed by atoms with Crippen molar-refractivity contribution in [1.29, 1.82) is 0 Å². The van der Waals surface area contributed by atoms with Crippen LogP contribution in [0, 0.1) is 5.92 Å². The first-order valence-electron chi connectivity index (χ1n) is 9.37. The normalized spacial score (nSPS) is 21.4. The minimum Gasteiger partial charge on any atom is -0.392 e. The molecule has 3 rings (SSSR count). The molecule has 1 N–H and O–H groups in total. The summed E-state index contributed by atoms with van der Waals surface area (Å²) in [5.41, 5.74) is 0. The molecule has 7 heteroatoms. The van der Waals surface area contributed by atoms with Gasteiger partial charge in [0.05, 0.1) is 12.3 Å². The number of rotatable bonds is 5. The fraction of sp³-hybridized carbons (Fsp3) is 0.722. The Bertz CT molecular complexity index is 540. The van der Waals surface area contributed by atoms with Gasteiger partial charge in [-0.2, -0.15) is 0 Å². The Morgan fingerprint density at radius 2 is 1.92 bits per heavy atom. The number of nitrogens with zero attached hydrogens (tertiary/aromatic N) is 5. The Hall–Kier alpha value is -1.73. The van der Waals surface area contributed by atoms with Crippen molar-refractivity contribution in [2.45, 2.75) is 32.3 Å². The van der Waals surface area contributed by atoms with Crippen LogP contribution in [0.2, 0.25) is 0 Å². The Morgan fingerprint density at radius 1 is 1.20 bits per heavy atom. The van der Waals surface area contributed by atoms with Gasteiger partial charge in [-0.05, 0) is 19.3 Å². The topological polar surface area (TPSA) is 72.8 Å². The Morgan fingerprint density at radius 3 is 2.52 bits per heavy atom. The highest BCUT2D eigenvalue weighted by molar-refractivity contribution is 5.79. The van der Waals surface area contributed by atoms with Crippen LogP contribution in [0.5, 0.6) is 0 Å². The number of piperazine rings is 1. The van der Waals surface area contributed by atoms with E-state index in [1.807, 2.05) is 11.8 Å². The number of aromatic nitrogens is 2. The zero-order valence-electron chi connectivity index (χ0n) is 15.0. The average molecular weight is 347 g/mol. The predicted octanol–water partition coefficient (Wildman–Crippen LogP) is 0.608. The van der Waals surface area contributed by atoms with Gasteiger partial charge in [-0.1, -0.05) is 6.92 Å². The molecule has 0 bridgehead atoms. The van der Waals surface area contributed by atoms with E-state index >= 15 is 0 Å². The van der Waals surface area contributed by atoms with E-state index in [4.69, 9.17) is 0 Å². The van der Waals surface area contributed by atoms with Crippen molar-refractivity contribution in [2.24, 2.45) is 5.92 Å². The molecule has 3 heterocycles. The van der Waals surface area contributed by atoms with Crippen LogP contribution >= 0.6 is 0 Å². The van der Waals surface area contributed by atoms with Gasteiger partial charge in [0.2, 0.25) is 5.91 Å².